The van der Waals surface area contributed by atoms with Crippen LogP contribution in [0, 0.1) is 6.92 Å². The number of fused-ring (bicyclic) bond motifs is 1. The number of aromatic nitrogens is 2. The third-order valence-electron chi connectivity index (χ3n) is 1.87. The van der Waals surface area contributed by atoms with Gasteiger partial charge < -0.3 is 15.2 Å². The van der Waals surface area contributed by atoms with E-state index in [1.54, 1.807) is 16.7 Å². The number of nitrogens with zero attached hydrogens (tertiary/aromatic N) is 2. The maximum Gasteiger partial charge on any atom is 0.328 e. The number of hydrogen-bond acceptors (Lipinski definition) is 3. The Morgan fingerprint density at radius 1 is 1.54 bits per heavy atom. The fourth-order valence-corrected chi connectivity index (χ4v) is 1.34. The predicted molar refractivity (Wildman–Crippen MR) is 51.9 cm³/mol. The van der Waals surface area contributed by atoms with Crippen LogP contribution in [0.1, 0.15) is 5.69 Å². The first-order valence-corrected chi connectivity index (χ1v) is 3.93. The molecule has 0 aliphatic rings. The summed E-state index contributed by atoms with van der Waals surface area (Å²) >= 11 is 0. The zero-order valence-corrected chi connectivity index (χ0v) is 7.23. The number of anilines is 1. The number of pyridine rings is 1. The molecule has 0 atom stereocenters. The molecule has 0 spiro atoms. The van der Waals surface area contributed by atoms with Crippen molar-refractivity contribution in [2.45, 2.75) is 6.92 Å². The van der Waals surface area contributed by atoms with Crippen molar-refractivity contribution < 1.29 is 5.02 Å². The van der Waals surface area contributed by atoms with Gasteiger partial charge in [-0.05, 0) is 18.5 Å². The lowest BCUT2D eigenvalue weighted by atomic mass is 9.90. The van der Waals surface area contributed by atoms with Gasteiger partial charge in [-0.3, -0.25) is 0 Å². The van der Waals surface area contributed by atoms with Crippen molar-refractivity contribution in [2.24, 2.45) is 0 Å². The van der Waals surface area contributed by atoms with Crippen LogP contribution in [0.2, 0.25) is 0 Å². The Balaban J connectivity index is 2.75. The number of nitrogens with two attached hydrogens (primary N) is 1. The molecule has 4 nitrogen and oxygen atoms in total. The molecule has 0 bridgehead atoms. The third kappa shape index (κ3) is 1.27. The summed E-state index contributed by atoms with van der Waals surface area (Å²) in [6.45, 7) is 1.90. The van der Waals surface area contributed by atoms with Gasteiger partial charge in [0.15, 0.2) is 5.65 Å². The SMILES string of the molecule is Cc1cn2cc([B]O)cc(N)c2n1. The number of hydrogen-bond donors (Lipinski definition) is 2. The fourth-order valence-electron chi connectivity index (χ4n) is 1.34. The highest BCUT2D eigenvalue weighted by molar-refractivity contribution is 6.45. The van der Waals surface area contributed by atoms with Gasteiger partial charge in [-0.2, -0.15) is 0 Å². The van der Waals surface area contributed by atoms with E-state index in [0.717, 1.165) is 18.8 Å². The van der Waals surface area contributed by atoms with Gasteiger partial charge in [0.1, 0.15) is 0 Å². The van der Waals surface area contributed by atoms with E-state index in [2.05, 4.69) is 4.98 Å². The first kappa shape index (κ1) is 8.13. The Bertz CT molecular complexity index is 452. The lowest BCUT2D eigenvalue weighted by Gasteiger charge is -2.00. The number of aryl methyl sites for hydroxylation is 1. The summed E-state index contributed by atoms with van der Waals surface area (Å²) in [5.74, 6) is 0. The molecule has 0 fully saturated rings. The zero-order valence-electron chi connectivity index (χ0n) is 7.23. The van der Waals surface area contributed by atoms with E-state index >= 15 is 0 Å². The highest BCUT2D eigenvalue weighted by Crippen LogP contribution is 2.10. The Morgan fingerprint density at radius 3 is 3.00 bits per heavy atom. The van der Waals surface area contributed by atoms with Crippen LogP contribution in [0.25, 0.3) is 5.65 Å². The first-order valence-electron chi connectivity index (χ1n) is 3.93. The van der Waals surface area contributed by atoms with E-state index in [4.69, 9.17) is 10.8 Å². The summed E-state index contributed by atoms with van der Waals surface area (Å²) in [7, 11) is 1.02. The molecule has 2 rings (SSSR count). The van der Waals surface area contributed by atoms with Gasteiger partial charge in [-0.15, -0.1) is 0 Å². The standard InChI is InChI=1S/C8H9BN3O/c1-5-3-12-4-6(9-13)2-7(10)8(12)11-5/h2-4,13H,10H2,1H3. The van der Waals surface area contributed by atoms with Crippen molar-refractivity contribution >= 4 is 24.3 Å². The second-order valence-electron chi connectivity index (χ2n) is 2.97. The van der Waals surface area contributed by atoms with Gasteiger partial charge in [0.2, 0.25) is 0 Å². The van der Waals surface area contributed by atoms with Gasteiger partial charge in [0.05, 0.1) is 11.4 Å². The molecule has 0 saturated heterocycles. The second kappa shape index (κ2) is 2.78. The highest BCUT2D eigenvalue weighted by atomic mass is 16.2. The number of nitrogen functional groups attached to an aromatic ring is 1. The van der Waals surface area contributed by atoms with Crippen molar-refractivity contribution in [2.75, 3.05) is 5.73 Å². The summed E-state index contributed by atoms with van der Waals surface area (Å²) in [5, 5.41) is 8.81. The topological polar surface area (TPSA) is 63.5 Å². The van der Waals surface area contributed by atoms with E-state index < -0.39 is 0 Å². The Kier molecular flexibility index (Phi) is 1.74. The molecule has 2 aromatic rings. The lowest BCUT2D eigenvalue weighted by Crippen LogP contribution is -2.16. The molecule has 0 aliphatic heterocycles. The molecule has 1 radical (unpaired) electrons. The van der Waals surface area contributed by atoms with Gasteiger partial charge in [-0.1, -0.05) is 0 Å². The number of imidazole rings is 1. The predicted octanol–water partition coefficient (Wildman–Crippen LogP) is -0.538. The van der Waals surface area contributed by atoms with Gasteiger partial charge >= 0.3 is 7.48 Å². The van der Waals surface area contributed by atoms with Crippen LogP contribution in [0.15, 0.2) is 18.5 Å². The maximum absolute atomic E-state index is 8.81. The van der Waals surface area contributed by atoms with Crippen LogP contribution < -0.4 is 11.2 Å². The molecule has 65 valence electrons. The van der Waals surface area contributed by atoms with Crippen LogP contribution in [0.5, 0.6) is 0 Å². The molecule has 2 heterocycles. The minimum atomic E-state index is 0.566. The van der Waals surface area contributed by atoms with E-state index in [1.807, 2.05) is 13.1 Å². The van der Waals surface area contributed by atoms with Crippen molar-refractivity contribution in [1.82, 2.24) is 9.38 Å². The molecule has 2 aromatic heterocycles. The molecule has 0 aromatic carbocycles. The summed E-state index contributed by atoms with van der Waals surface area (Å²) in [6.07, 6.45) is 3.63. The fraction of sp³-hybridized carbons (Fsp3) is 0.125. The Hall–Kier alpha value is -1.49. The molecule has 0 unspecified atom stereocenters. The van der Waals surface area contributed by atoms with E-state index in [0.29, 0.717) is 11.2 Å². The molecular weight excluding hydrogens is 165 g/mol. The monoisotopic (exact) mass is 174 g/mol. The molecular formula is C8H9BN3O. The minimum absolute atomic E-state index is 0.566. The zero-order chi connectivity index (χ0) is 9.42. The molecule has 5 heteroatoms. The molecule has 0 saturated carbocycles. The van der Waals surface area contributed by atoms with Crippen LogP contribution in [-0.2, 0) is 0 Å². The molecule has 0 amide bonds. The highest BCUT2D eigenvalue weighted by Gasteiger charge is 2.04. The third-order valence-corrected chi connectivity index (χ3v) is 1.87. The van der Waals surface area contributed by atoms with Gasteiger partial charge in [0.25, 0.3) is 0 Å². The van der Waals surface area contributed by atoms with Crippen molar-refractivity contribution in [1.29, 1.82) is 0 Å². The van der Waals surface area contributed by atoms with Crippen LogP contribution in [0.3, 0.4) is 0 Å². The molecule has 0 aliphatic carbocycles. The average molecular weight is 174 g/mol. The summed E-state index contributed by atoms with van der Waals surface area (Å²) in [4.78, 5) is 4.23. The second-order valence-corrected chi connectivity index (χ2v) is 2.97. The Morgan fingerprint density at radius 2 is 2.31 bits per heavy atom. The van der Waals surface area contributed by atoms with Gasteiger partial charge in [0, 0.05) is 12.4 Å². The largest absolute Gasteiger partial charge is 0.450 e. The molecule has 13 heavy (non-hydrogen) atoms. The van der Waals surface area contributed by atoms with E-state index in [1.165, 1.54) is 0 Å². The van der Waals surface area contributed by atoms with Crippen LogP contribution in [-0.4, -0.2) is 21.9 Å². The molecule has 3 N–H and O–H groups in total. The quantitative estimate of drug-likeness (QED) is 0.570. The first-order chi connectivity index (χ1) is 6.20. The van der Waals surface area contributed by atoms with Crippen LogP contribution >= 0.6 is 0 Å². The summed E-state index contributed by atoms with van der Waals surface area (Å²) in [6, 6.07) is 1.68. The lowest BCUT2D eigenvalue weighted by molar-refractivity contribution is 0.615. The van der Waals surface area contributed by atoms with Crippen molar-refractivity contribution in [3.8, 4) is 0 Å². The summed E-state index contributed by atoms with van der Waals surface area (Å²) in [5.41, 5.74) is 8.60. The van der Waals surface area contributed by atoms with Gasteiger partial charge in [-0.25, -0.2) is 4.98 Å². The number of rotatable bonds is 1. The average Bonchev–Trinajstić information content (AvgIpc) is 2.46. The van der Waals surface area contributed by atoms with E-state index in [9.17, 15) is 0 Å². The minimum Gasteiger partial charge on any atom is -0.450 e. The maximum atomic E-state index is 8.81. The van der Waals surface area contributed by atoms with Crippen LogP contribution in [0.4, 0.5) is 5.69 Å². The summed E-state index contributed by atoms with van der Waals surface area (Å²) < 4.78 is 1.80. The smallest absolute Gasteiger partial charge is 0.328 e. The van der Waals surface area contributed by atoms with Crippen molar-refractivity contribution in [3.05, 3.63) is 24.2 Å². The van der Waals surface area contributed by atoms with Crippen molar-refractivity contribution in [3.63, 3.8) is 0 Å². The van der Waals surface area contributed by atoms with E-state index in [-0.39, 0.29) is 0 Å². The Labute approximate surface area is 76.3 Å². The normalized spacial score (nSPS) is 10.6.